The molecule has 176 valence electrons. The average molecular weight is 467 g/mol. The first-order valence-corrected chi connectivity index (χ1v) is 11.4. The molecule has 34 heavy (non-hydrogen) atoms. The second-order valence-corrected chi connectivity index (χ2v) is 8.78. The third kappa shape index (κ3) is 4.48. The van der Waals surface area contributed by atoms with Crippen LogP contribution in [0, 0.1) is 23.4 Å². The Morgan fingerprint density at radius 2 is 1.71 bits per heavy atom. The molecule has 0 spiro atoms. The summed E-state index contributed by atoms with van der Waals surface area (Å²) in [4.78, 5) is 13.5. The lowest BCUT2D eigenvalue weighted by Gasteiger charge is -2.27. The zero-order valence-corrected chi connectivity index (χ0v) is 18.5. The van der Waals surface area contributed by atoms with E-state index in [1.54, 1.807) is 24.4 Å². The Morgan fingerprint density at radius 1 is 0.941 bits per heavy atom. The molecule has 6 nitrogen and oxygen atoms in total. The number of benzene rings is 2. The van der Waals surface area contributed by atoms with Gasteiger partial charge in [0.05, 0.1) is 11.8 Å². The van der Waals surface area contributed by atoms with Crippen LogP contribution in [0.3, 0.4) is 0 Å². The number of nitrogens with two attached hydrogens (primary N) is 1. The number of aromatic nitrogens is 4. The molecule has 3 N–H and O–H groups in total. The normalized spacial score (nSPS) is 18.4. The molecule has 0 unspecified atom stereocenters. The summed E-state index contributed by atoms with van der Waals surface area (Å²) in [6.45, 7) is 0.760. The van der Waals surface area contributed by atoms with Crippen LogP contribution in [0.5, 0.6) is 0 Å². The predicted octanol–water partition coefficient (Wildman–Crippen LogP) is 5.04. The molecule has 1 saturated carbocycles. The number of rotatable bonds is 6. The Hall–Kier alpha value is -3.46. The summed E-state index contributed by atoms with van der Waals surface area (Å²) in [6.07, 6.45) is 5.27. The highest BCUT2D eigenvalue weighted by atomic mass is 19.2. The molecule has 1 aliphatic carbocycles. The molecule has 0 aliphatic heterocycles. The summed E-state index contributed by atoms with van der Waals surface area (Å²) < 4.78 is 44.6. The molecule has 9 heteroatoms. The van der Waals surface area contributed by atoms with Crippen LogP contribution in [0.4, 0.5) is 19.1 Å². The molecule has 4 aromatic rings. The highest BCUT2D eigenvalue weighted by Gasteiger charge is 2.24. The number of nitrogens with zero attached hydrogens (tertiary/aromatic N) is 4. The molecule has 2 aromatic heterocycles. The Morgan fingerprint density at radius 3 is 2.50 bits per heavy atom. The maximum Gasteiger partial charge on any atom is 0.225 e. The van der Waals surface area contributed by atoms with Gasteiger partial charge in [0.25, 0.3) is 0 Å². The lowest BCUT2D eigenvalue weighted by molar-refractivity contribution is 0.297. The van der Waals surface area contributed by atoms with Gasteiger partial charge in [-0.15, -0.1) is 0 Å². The summed E-state index contributed by atoms with van der Waals surface area (Å²) in [5, 5.41) is 3.05. The van der Waals surface area contributed by atoms with E-state index in [0.29, 0.717) is 41.0 Å². The van der Waals surface area contributed by atoms with E-state index in [9.17, 15) is 13.2 Å². The monoisotopic (exact) mass is 466 g/mol. The SMILES string of the molecule is NC1CCC(Cn2c(-c3cccc(F)c3F)nc3cnc(NCc4ccccc4F)nc32)CC1. The minimum absolute atomic E-state index is 0.0753. The van der Waals surface area contributed by atoms with Crippen LogP contribution in [0.15, 0.2) is 48.7 Å². The molecule has 5 rings (SSSR count). The molecule has 1 aliphatic rings. The molecule has 0 radical (unpaired) electrons. The summed E-state index contributed by atoms with van der Waals surface area (Å²) in [7, 11) is 0. The van der Waals surface area contributed by atoms with Crippen molar-refractivity contribution in [2.45, 2.75) is 44.8 Å². The van der Waals surface area contributed by atoms with Crippen LogP contribution >= 0.6 is 0 Å². The van der Waals surface area contributed by atoms with Gasteiger partial charge < -0.3 is 15.6 Å². The van der Waals surface area contributed by atoms with Gasteiger partial charge in [-0.25, -0.2) is 23.1 Å². The van der Waals surface area contributed by atoms with Gasteiger partial charge in [0.2, 0.25) is 5.95 Å². The number of imidazole rings is 1. The van der Waals surface area contributed by atoms with E-state index in [4.69, 9.17) is 5.73 Å². The smallest absolute Gasteiger partial charge is 0.225 e. The van der Waals surface area contributed by atoms with Gasteiger partial charge in [0.15, 0.2) is 17.3 Å². The van der Waals surface area contributed by atoms with Crippen molar-refractivity contribution in [3.63, 3.8) is 0 Å². The fraction of sp³-hybridized carbons (Fsp3) is 0.320. The highest BCUT2D eigenvalue weighted by molar-refractivity contribution is 5.77. The molecule has 1 fully saturated rings. The van der Waals surface area contributed by atoms with Crippen molar-refractivity contribution in [2.24, 2.45) is 11.7 Å². The predicted molar refractivity (Wildman–Crippen MR) is 124 cm³/mol. The summed E-state index contributed by atoms with van der Waals surface area (Å²) in [5.74, 6) is -1.28. The third-order valence-electron chi connectivity index (χ3n) is 6.41. The van der Waals surface area contributed by atoms with Gasteiger partial charge in [0.1, 0.15) is 17.2 Å². The van der Waals surface area contributed by atoms with Crippen LogP contribution in [-0.4, -0.2) is 25.6 Å². The zero-order chi connectivity index (χ0) is 23.7. The molecule has 0 bridgehead atoms. The zero-order valence-electron chi connectivity index (χ0n) is 18.5. The van der Waals surface area contributed by atoms with E-state index >= 15 is 0 Å². The first-order chi connectivity index (χ1) is 16.5. The van der Waals surface area contributed by atoms with Crippen molar-refractivity contribution in [3.8, 4) is 11.4 Å². The summed E-state index contributed by atoms with van der Waals surface area (Å²) >= 11 is 0. The minimum atomic E-state index is -0.949. The van der Waals surface area contributed by atoms with Gasteiger partial charge in [-0.05, 0) is 49.8 Å². The number of hydrogen-bond donors (Lipinski definition) is 2. The van der Waals surface area contributed by atoms with Crippen molar-refractivity contribution < 1.29 is 13.2 Å². The van der Waals surface area contributed by atoms with Gasteiger partial charge in [-0.3, -0.25) is 0 Å². The standard InChI is InChI=1S/C25H25F3N6/c26-19-6-2-1-4-16(19)12-30-25-31-13-21-24(33-25)34(14-15-8-10-17(29)11-9-15)23(32-21)18-5-3-7-20(27)22(18)28/h1-7,13,15,17H,8-12,14,29H2,(H,30,31,33). The van der Waals surface area contributed by atoms with Crippen molar-refractivity contribution in [1.82, 2.24) is 19.5 Å². The topological polar surface area (TPSA) is 81.7 Å². The molecule has 0 atom stereocenters. The Labute approximate surface area is 195 Å². The fourth-order valence-corrected chi connectivity index (χ4v) is 4.50. The van der Waals surface area contributed by atoms with Gasteiger partial charge in [-0.1, -0.05) is 24.3 Å². The van der Waals surface area contributed by atoms with Gasteiger partial charge in [-0.2, -0.15) is 4.98 Å². The quantitative estimate of drug-likeness (QED) is 0.416. The van der Waals surface area contributed by atoms with Crippen LogP contribution in [0.2, 0.25) is 0 Å². The van der Waals surface area contributed by atoms with E-state index in [0.717, 1.165) is 31.7 Å². The van der Waals surface area contributed by atoms with Crippen LogP contribution in [0.25, 0.3) is 22.6 Å². The molecule has 2 aromatic carbocycles. The lowest BCUT2D eigenvalue weighted by Crippen LogP contribution is -2.28. The minimum Gasteiger partial charge on any atom is -0.350 e. The van der Waals surface area contributed by atoms with Gasteiger partial charge >= 0.3 is 0 Å². The van der Waals surface area contributed by atoms with Crippen molar-refractivity contribution >= 4 is 17.1 Å². The highest BCUT2D eigenvalue weighted by Crippen LogP contribution is 2.31. The molecular weight excluding hydrogens is 441 g/mol. The molecular formula is C25H25F3N6. The second kappa shape index (κ2) is 9.42. The van der Waals surface area contributed by atoms with Crippen LogP contribution in [0.1, 0.15) is 31.2 Å². The molecule has 0 amide bonds. The Bertz CT molecular complexity index is 1310. The van der Waals surface area contributed by atoms with E-state index in [1.807, 2.05) is 4.57 Å². The van der Waals surface area contributed by atoms with Crippen LogP contribution in [-0.2, 0) is 13.1 Å². The van der Waals surface area contributed by atoms with Crippen molar-refractivity contribution in [3.05, 3.63) is 71.7 Å². The summed E-state index contributed by atoms with van der Waals surface area (Å²) in [5.41, 5.74) is 7.61. The fourth-order valence-electron chi connectivity index (χ4n) is 4.50. The Balaban J connectivity index is 1.53. The third-order valence-corrected chi connectivity index (χ3v) is 6.41. The number of hydrogen-bond acceptors (Lipinski definition) is 5. The lowest BCUT2D eigenvalue weighted by atomic mass is 9.86. The maximum atomic E-state index is 14.7. The molecule has 0 saturated heterocycles. The number of halogens is 3. The van der Waals surface area contributed by atoms with Crippen molar-refractivity contribution in [2.75, 3.05) is 5.32 Å². The molecule has 2 heterocycles. The average Bonchev–Trinajstić information content (AvgIpc) is 3.19. The van der Waals surface area contributed by atoms with Gasteiger partial charge in [0, 0.05) is 24.7 Å². The first kappa shape index (κ1) is 22.3. The Kier molecular flexibility index (Phi) is 6.19. The number of anilines is 1. The summed E-state index contributed by atoms with van der Waals surface area (Å²) in [6, 6.07) is 10.7. The van der Waals surface area contributed by atoms with E-state index in [2.05, 4.69) is 20.3 Å². The maximum absolute atomic E-state index is 14.7. The largest absolute Gasteiger partial charge is 0.350 e. The van der Waals surface area contributed by atoms with E-state index in [-0.39, 0.29) is 24.0 Å². The van der Waals surface area contributed by atoms with Crippen molar-refractivity contribution in [1.29, 1.82) is 0 Å². The van der Waals surface area contributed by atoms with E-state index in [1.165, 1.54) is 18.2 Å². The van der Waals surface area contributed by atoms with Crippen LogP contribution < -0.4 is 11.1 Å². The first-order valence-electron chi connectivity index (χ1n) is 11.4. The number of nitrogens with one attached hydrogen (secondary N) is 1. The number of fused-ring (bicyclic) bond motifs is 1. The van der Waals surface area contributed by atoms with E-state index < -0.39 is 11.6 Å². The second-order valence-electron chi connectivity index (χ2n) is 8.78.